The van der Waals surface area contributed by atoms with Gasteiger partial charge in [0.15, 0.2) is 0 Å². The molecule has 3 aromatic heterocycles. The zero-order valence-corrected chi connectivity index (χ0v) is 14.4. The predicted molar refractivity (Wildman–Crippen MR) is 93.3 cm³/mol. The molecule has 0 aliphatic heterocycles. The summed E-state index contributed by atoms with van der Waals surface area (Å²) >= 11 is 1.63. The van der Waals surface area contributed by atoms with E-state index < -0.39 is 0 Å². The number of nitrogens with one attached hydrogen (secondary N) is 1. The molecule has 0 aromatic carbocycles. The molecule has 120 valence electrons. The van der Waals surface area contributed by atoms with E-state index in [4.69, 9.17) is 0 Å². The SMILES string of the molecule is Cc1cnn([C@@H](C)[C@@H](C)NCc2csc(-c3ccccn3)n2)c1. The number of pyridine rings is 1. The van der Waals surface area contributed by atoms with Crippen LogP contribution >= 0.6 is 11.3 Å². The molecule has 0 radical (unpaired) electrons. The van der Waals surface area contributed by atoms with Crippen LogP contribution in [0.5, 0.6) is 0 Å². The molecule has 0 amide bonds. The molecule has 23 heavy (non-hydrogen) atoms. The topological polar surface area (TPSA) is 55.6 Å². The number of thiazole rings is 1. The normalized spacial score (nSPS) is 13.9. The lowest BCUT2D eigenvalue weighted by Crippen LogP contribution is -2.33. The van der Waals surface area contributed by atoms with Gasteiger partial charge in [-0.2, -0.15) is 5.10 Å². The summed E-state index contributed by atoms with van der Waals surface area (Å²) in [6.45, 7) is 7.15. The molecule has 0 bridgehead atoms. The Kier molecular flexibility index (Phi) is 4.83. The zero-order valence-electron chi connectivity index (χ0n) is 13.6. The number of hydrogen-bond acceptors (Lipinski definition) is 5. The van der Waals surface area contributed by atoms with Crippen LogP contribution in [-0.2, 0) is 6.54 Å². The van der Waals surface area contributed by atoms with Crippen LogP contribution in [-0.4, -0.2) is 25.8 Å². The van der Waals surface area contributed by atoms with Gasteiger partial charge in [-0.1, -0.05) is 6.07 Å². The molecule has 0 unspecified atom stereocenters. The molecule has 0 fully saturated rings. The first-order valence-electron chi connectivity index (χ1n) is 7.73. The maximum absolute atomic E-state index is 4.66. The second-order valence-electron chi connectivity index (χ2n) is 5.77. The molecule has 0 saturated carbocycles. The Morgan fingerprint density at radius 1 is 1.30 bits per heavy atom. The van der Waals surface area contributed by atoms with E-state index in [-0.39, 0.29) is 6.04 Å². The zero-order chi connectivity index (χ0) is 16.2. The summed E-state index contributed by atoms with van der Waals surface area (Å²) in [5.74, 6) is 0. The van der Waals surface area contributed by atoms with Gasteiger partial charge >= 0.3 is 0 Å². The van der Waals surface area contributed by atoms with Crippen molar-refractivity contribution in [3.8, 4) is 10.7 Å². The van der Waals surface area contributed by atoms with E-state index in [1.54, 1.807) is 17.5 Å². The number of aryl methyl sites for hydroxylation is 1. The van der Waals surface area contributed by atoms with E-state index in [2.05, 4.69) is 52.7 Å². The van der Waals surface area contributed by atoms with Crippen LogP contribution in [0.3, 0.4) is 0 Å². The molecule has 3 rings (SSSR count). The third-order valence-electron chi connectivity index (χ3n) is 3.91. The van der Waals surface area contributed by atoms with E-state index in [9.17, 15) is 0 Å². The number of rotatable bonds is 6. The molecule has 3 heterocycles. The highest BCUT2D eigenvalue weighted by atomic mass is 32.1. The van der Waals surface area contributed by atoms with Gasteiger partial charge in [-0.05, 0) is 38.5 Å². The molecule has 0 saturated heterocycles. The van der Waals surface area contributed by atoms with Gasteiger partial charge in [0.05, 0.1) is 23.6 Å². The first-order valence-corrected chi connectivity index (χ1v) is 8.61. The lowest BCUT2D eigenvalue weighted by molar-refractivity contribution is 0.364. The Morgan fingerprint density at radius 3 is 2.87 bits per heavy atom. The number of aromatic nitrogens is 4. The largest absolute Gasteiger partial charge is 0.306 e. The molecular weight excluding hydrogens is 306 g/mol. The monoisotopic (exact) mass is 327 g/mol. The van der Waals surface area contributed by atoms with E-state index >= 15 is 0 Å². The van der Waals surface area contributed by atoms with E-state index in [0.29, 0.717) is 6.04 Å². The maximum Gasteiger partial charge on any atom is 0.142 e. The second kappa shape index (κ2) is 7.02. The quantitative estimate of drug-likeness (QED) is 0.753. The molecule has 0 aliphatic rings. The molecule has 6 heteroatoms. The average molecular weight is 327 g/mol. The fourth-order valence-corrected chi connectivity index (χ4v) is 3.11. The van der Waals surface area contributed by atoms with Gasteiger partial charge in [0.25, 0.3) is 0 Å². The van der Waals surface area contributed by atoms with Crippen molar-refractivity contribution in [1.82, 2.24) is 25.1 Å². The summed E-state index contributed by atoms with van der Waals surface area (Å²) in [7, 11) is 0. The highest BCUT2D eigenvalue weighted by Gasteiger charge is 2.15. The van der Waals surface area contributed by atoms with Crippen molar-refractivity contribution in [2.24, 2.45) is 0 Å². The van der Waals surface area contributed by atoms with Crippen molar-refractivity contribution in [2.45, 2.75) is 39.4 Å². The van der Waals surface area contributed by atoms with Gasteiger partial charge in [-0.3, -0.25) is 9.67 Å². The Bertz CT molecular complexity index is 749. The molecular formula is C17H21N5S. The maximum atomic E-state index is 4.66. The summed E-state index contributed by atoms with van der Waals surface area (Å²) < 4.78 is 2.01. The second-order valence-corrected chi connectivity index (χ2v) is 6.62. The summed E-state index contributed by atoms with van der Waals surface area (Å²) in [5, 5.41) is 11.0. The lowest BCUT2D eigenvalue weighted by atomic mass is 10.1. The summed E-state index contributed by atoms with van der Waals surface area (Å²) in [6.07, 6.45) is 5.76. The third kappa shape index (κ3) is 3.83. The molecule has 0 aliphatic carbocycles. The van der Waals surface area contributed by atoms with E-state index in [0.717, 1.165) is 22.9 Å². The Labute approximate surface area is 140 Å². The van der Waals surface area contributed by atoms with Crippen LogP contribution in [0.2, 0.25) is 0 Å². The van der Waals surface area contributed by atoms with Crippen LogP contribution in [0, 0.1) is 6.92 Å². The lowest BCUT2D eigenvalue weighted by Gasteiger charge is -2.21. The number of nitrogens with zero attached hydrogens (tertiary/aromatic N) is 4. The van der Waals surface area contributed by atoms with Crippen LogP contribution in [0.25, 0.3) is 10.7 Å². The van der Waals surface area contributed by atoms with Gasteiger partial charge in [0.2, 0.25) is 0 Å². The van der Waals surface area contributed by atoms with Crippen molar-refractivity contribution in [1.29, 1.82) is 0 Å². The van der Waals surface area contributed by atoms with Crippen LogP contribution in [0.1, 0.15) is 31.1 Å². The van der Waals surface area contributed by atoms with E-state index in [1.807, 2.05) is 29.1 Å². The Hall–Kier alpha value is -2.05. The minimum atomic E-state index is 0.289. The summed E-state index contributed by atoms with van der Waals surface area (Å²) in [6, 6.07) is 6.48. The van der Waals surface area contributed by atoms with Crippen LogP contribution < -0.4 is 5.32 Å². The van der Waals surface area contributed by atoms with Crippen molar-refractivity contribution in [3.05, 3.63) is 53.4 Å². The third-order valence-corrected chi connectivity index (χ3v) is 4.83. The molecule has 2 atom stereocenters. The van der Waals surface area contributed by atoms with Gasteiger partial charge in [0.1, 0.15) is 5.01 Å². The highest BCUT2D eigenvalue weighted by molar-refractivity contribution is 7.13. The standard InChI is InChI=1S/C17H21N5S/c1-12-8-20-22(10-12)14(3)13(2)19-9-15-11-23-17(21-15)16-6-4-5-7-18-16/h4-8,10-11,13-14,19H,9H2,1-3H3/t13-,14+/m1/s1. The first kappa shape index (κ1) is 15.8. The summed E-state index contributed by atoms with van der Waals surface area (Å²) in [5.41, 5.74) is 3.16. The van der Waals surface area contributed by atoms with Gasteiger partial charge < -0.3 is 5.32 Å². The van der Waals surface area contributed by atoms with Crippen molar-refractivity contribution >= 4 is 11.3 Å². The average Bonchev–Trinajstić information content (AvgIpc) is 3.22. The van der Waals surface area contributed by atoms with Crippen LogP contribution in [0.4, 0.5) is 0 Å². The fourth-order valence-electron chi connectivity index (χ4n) is 2.32. The summed E-state index contributed by atoms with van der Waals surface area (Å²) in [4.78, 5) is 9.00. The molecule has 0 spiro atoms. The van der Waals surface area contributed by atoms with Crippen molar-refractivity contribution in [2.75, 3.05) is 0 Å². The van der Waals surface area contributed by atoms with Gasteiger partial charge in [-0.25, -0.2) is 4.98 Å². The van der Waals surface area contributed by atoms with E-state index in [1.165, 1.54) is 5.56 Å². The van der Waals surface area contributed by atoms with Gasteiger partial charge in [0, 0.05) is 30.4 Å². The Balaban J connectivity index is 1.59. The fraction of sp³-hybridized carbons (Fsp3) is 0.353. The van der Waals surface area contributed by atoms with Crippen molar-refractivity contribution < 1.29 is 0 Å². The highest BCUT2D eigenvalue weighted by Crippen LogP contribution is 2.21. The molecule has 1 N–H and O–H groups in total. The smallest absolute Gasteiger partial charge is 0.142 e. The number of hydrogen-bond donors (Lipinski definition) is 1. The van der Waals surface area contributed by atoms with Crippen molar-refractivity contribution in [3.63, 3.8) is 0 Å². The predicted octanol–water partition coefficient (Wildman–Crippen LogP) is 3.45. The minimum absolute atomic E-state index is 0.289. The van der Waals surface area contributed by atoms with Gasteiger partial charge in [-0.15, -0.1) is 11.3 Å². The molecule has 3 aromatic rings. The first-order chi connectivity index (χ1) is 11.1. The molecule has 5 nitrogen and oxygen atoms in total. The Morgan fingerprint density at radius 2 is 2.17 bits per heavy atom. The minimum Gasteiger partial charge on any atom is -0.306 e. The van der Waals surface area contributed by atoms with Crippen LogP contribution in [0.15, 0.2) is 42.2 Å².